The van der Waals surface area contributed by atoms with Crippen molar-refractivity contribution >= 4 is 0 Å². The van der Waals surface area contributed by atoms with Gasteiger partial charge in [0.2, 0.25) is 0 Å². The highest BCUT2D eigenvalue weighted by molar-refractivity contribution is 5.06. The SMILES string of the molecule is CC(C)(C)[C@H]1CCOC2(C1)CN(C1CC1)C2. The van der Waals surface area contributed by atoms with E-state index in [1.807, 2.05) is 0 Å². The van der Waals surface area contributed by atoms with Crippen molar-refractivity contribution in [2.24, 2.45) is 11.3 Å². The van der Waals surface area contributed by atoms with Crippen LogP contribution in [-0.4, -0.2) is 36.2 Å². The van der Waals surface area contributed by atoms with E-state index in [1.165, 1.54) is 38.8 Å². The highest BCUT2D eigenvalue weighted by Gasteiger charge is 2.52. The molecule has 0 aromatic carbocycles. The van der Waals surface area contributed by atoms with E-state index in [9.17, 15) is 0 Å². The minimum Gasteiger partial charge on any atom is -0.372 e. The van der Waals surface area contributed by atoms with Gasteiger partial charge in [0.25, 0.3) is 0 Å². The van der Waals surface area contributed by atoms with E-state index in [2.05, 4.69) is 25.7 Å². The first-order valence-corrected chi connectivity index (χ1v) is 6.87. The van der Waals surface area contributed by atoms with Crippen molar-refractivity contribution in [3.63, 3.8) is 0 Å². The Kier molecular flexibility index (Phi) is 2.38. The Morgan fingerprint density at radius 3 is 2.38 bits per heavy atom. The molecule has 0 N–H and O–H groups in total. The topological polar surface area (TPSA) is 12.5 Å². The Hall–Kier alpha value is -0.0800. The van der Waals surface area contributed by atoms with Crippen LogP contribution in [0.2, 0.25) is 0 Å². The molecule has 0 amide bonds. The summed E-state index contributed by atoms with van der Waals surface area (Å²) in [7, 11) is 0. The minimum absolute atomic E-state index is 0.249. The Labute approximate surface area is 99.3 Å². The monoisotopic (exact) mass is 223 g/mol. The van der Waals surface area contributed by atoms with Gasteiger partial charge in [0, 0.05) is 25.7 Å². The fraction of sp³-hybridized carbons (Fsp3) is 1.00. The molecule has 16 heavy (non-hydrogen) atoms. The molecule has 2 aliphatic heterocycles. The van der Waals surface area contributed by atoms with Gasteiger partial charge in [-0.05, 0) is 37.0 Å². The van der Waals surface area contributed by atoms with Crippen molar-refractivity contribution in [3.8, 4) is 0 Å². The number of likely N-dealkylation sites (tertiary alicyclic amines) is 1. The van der Waals surface area contributed by atoms with Crippen LogP contribution in [-0.2, 0) is 4.74 Å². The zero-order chi connectivity index (χ0) is 11.4. The van der Waals surface area contributed by atoms with Gasteiger partial charge >= 0.3 is 0 Å². The first-order chi connectivity index (χ1) is 7.49. The predicted molar refractivity (Wildman–Crippen MR) is 65.5 cm³/mol. The minimum atomic E-state index is 0.249. The fourth-order valence-electron chi connectivity index (χ4n) is 3.38. The Bertz CT molecular complexity index is 271. The van der Waals surface area contributed by atoms with Crippen LogP contribution >= 0.6 is 0 Å². The van der Waals surface area contributed by atoms with E-state index in [0.717, 1.165) is 18.6 Å². The number of hydrogen-bond donors (Lipinski definition) is 0. The van der Waals surface area contributed by atoms with Crippen LogP contribution in [0, 0.1) is 11.3 Å². The summed E-state index contributed by atoms with van der Waals surface area (Å²) < 4.78 is 6.09. The maximum Gasteiger partial charge on any atom is 0.0937 e. The Morgan fingerprint density at radius 2 is 1.81 bits per heavy atom. The lowest BCUT2D eigenvalue weighted by molar-refractivity contribution is -0.190. The van der Waals surface area contributed by atoms with E-state index in [0.29, 0.717) is 5.41 Å². The molecule has 0 bridgehead atoms. The van der Waals surface area contributed by atoms with Crippen molar-refractivity contribution < 1.29 is 4.74 Å². The average molecular weight is 223 g/mol. The fourth-order valence-corrected chi connectivity index (χ4v) is 3.38. The van der Waals surface area contributed by atoms with Crippen molar-refractivity contribution in [2.45, 2.75) is 58.1 Å². The molecule has 0 aromatic rings. The second-order valence-electron chi connectivity index (χ2n) is 7.22. The Balaban J connectivity index is 1.60. The summed E-state index contributed by atoms with van der Waals surface area (Å²) in [6, 6.07) is 0.921. The first-order valence-electron chi connectivity index (χ1n) is 6.87. The van der Waals surface area contributed by atoms with Gasteiger partial charge in [-0.15, -0.1) is 0 Å². The zero-order valence-electron chi connectivity index (χ0n) is 11.0. The summed E-state index contributed by atoms with van der Waals surface area (Å²) in [6.45, 7) is 10.6. The number of hydrogen-bond acceptors (Lipinski definition) is 2. The molecule has 2 heteroatoms. The quantitative estimate of drug-likeness (QED) is 0.677. The standard InChI is InChI=1S/C14H25NO/c1-13(2,3)11-6-7-16-14(8-11)9-15(10-14)12-4-5-12/h11-12H,4-10H2,1-3H3/t11-/m0/s1. The van der Waals surface area contributed by atoms with Crippen molar-refractivity contribution in [2.75, 3.05) is 19.7 Å². The maximum absolute atomic E-state index is 6.09. The summed E-state index contributed by atoms with van der Waals surface area (Å²) in [5, 5.41) is 0. The molecule has 1 aliphatic carbocycles. The van der Waals surface area contributed by atoms with E-state index >= 15 is 0 Å². The molecule has 0 unspecified atom stereocenters. The molecular formula is C14H25NO. The molecule has 92 valence electrons. The molecule has 0 aromatic heterocycles. The lowest BCUT2D eigenvalue weighted by Gasteiger charge is -2.55. The molecule has 3 aliphatic rings. The van der Waals surface area contributed by atoms with Gasteiger partial charge in [-0.25, -0.2) is 0 Å². The van der Waals surface area contributed by atoms with Crippen LogP contribution in [0.15, 0.2) is 0 Å². The van der Waals surface area contributed by atoms with Crippen LogP contribution in [0.4, 0.5) is 0 Å². The third-order valence-corrected chi connectivity index (χ3v) is 4.76. The van der Waals surface area contributed by atoms with Gasteiger partial charge in [0.1, 0.15) is 0 Å². The van der Waals surface area contributed by atoms with Crippen LogP contribution in [0.25, 0.3) is 0 Å². The molecule has 1 spiro atoms. The van der Waals surface area contributed by atoms with E-state index in [1.54, 1.807) is 0 Å². The molecule has 3 fully saturated rings. The van der Waals surface area contributed by atoms with Gasteiger partial charge in [-0.3, -0.25) is 4.90 Å². The first kappa shape index (κ1) is 11.0. The molecule has 2 heterocycles. The maximum atomic E-state index is 6.09. The number of nitrogens with zero attached hydrogens (tertiary/aromatic N) is 1. The lowest BCUT2D eigenvalue weighted by Crippen LogP contribution is -2.66. The third-order valence-electron chi connectivity index (χ3n) is 4.76. The Morgan fingerprint density at radius 1 is 1.12 bits per heavy atom. The lowest BCUT2D eigenvalue weighted by atomic mass is 9.69. The van der Waals surface area contributed by atoms with E-state index in [4.69, 9.17) is 4.74 Å². The van der Waals surface area contributed by atoms with Gasteiger partial charge in [0.05, 0.1) is 5.60 Å². The average Bonchev–Trinajstić information content (AvgIpc) is 2.96. The molecule has 1 saturated carbocycles. The molecule has 1 atom stereocenters. The largest absolute Gasteiger partial charge is 0.372 e. The summed E-state index contributed by atoms with van der Waals surface area (Å²) in [6.07, 6.45) is 5.41. The highest BCUT2D eigenvalue weighted by Crippen LogP contribution is 2.46. The summed E-state index contributed by atoms with van der Waals surface area (Å²) in [5.41, 5.74) is 0.704. The van der Waals surface area contributed by atoms with Crippen LogP contribution in [0.5, 0.6) is 0 Å². The third kappa shape index (κ3) is 1.91. The highest BCUT2D eigenvalue weighted by atomic mass is 16.5. The molecule has 0 radical (unpaired) electrons. The molecule has 3 rings (SSSR count). The second-order valence-corrected chi connectivity index (χ2v) is 7.22. The van der Waals surface area contributed by atoms with E-state index < -0.39 is 0 Å². The van der Waals surface area contributed by atoms with Crippen molar-refractivity contribution in [3.05, 3.63) is 0 Å². The summed E-state index contributed by atoms with van der Waals surface area (Å²) in [5.74, 6) is 0.850. The van der Waals surface area contributed by atoms with E-state index in [-0.39, 0.29) is 5.60 Å². The molecule has 2 nitrogen and oxygen atoms in total. The smallest absolute Gasteiger partial charge is 0.0937 e. The summed E-state index contributed by atoms with van der Waals surface area (Å²) in [4.78, 5) is 2.63. The number of ether oxygens (including phenoxy) is 1. The van der Waals surface area contributed by atoms with Crippen molar-refractivity contribution in [1.29, 1.82) is 0 Å². The van der Waals surface area contributed by atoms with Crippen molar-refractivity contribution in [1.82, 2.24) is 4.90 Å². The van der Waals surface area contributed by atoms with Crippen LogP contribution in [0.1, 0.15) is 46.5 Å². The second kappa shape index (κ2) is 3.46. The summed E-state index contributed by atoms with van der Waals surface area (Å²) >= 11 is 0. The van der Waals surface area contributed by atoms with Gasteiger partial charge in [0.15, 0.2) is 0 Å². The molecular weight excluding hydrogens is 198 g/mol. The predicted octanol–water partition coefficient (Wildman–Crippen LogP) is 2.68. The molecule has 2 saturated heterocycles. The normalized spacial score (nSPS) is 35.1. The van der Waals surface area contributed by atoms with Gasteiger partial charge in [-0.2, -0.15) is 0 Å². The number of rotatable bonds is 1. The van der Waals surface area contributed by atoms with Crippen LogP contribution < -0.4 is 0 Å². The van der Waals surface area contributed by atoms with Gasteiger partial charge in [-0.1, -0.05) is 20.8 Å². The van der Waals surface area contributed by atoms with Crippen LogP contribution in [0.3, 0.4) is 0 Å². The van der Waals surface area contributed by atoms with Gasteiger partial charge < -0.3 is 4.74 Å². The zero-order valence-corrected chi connectivity index (χ0v) is 11.0.